The summed E-state index contributed by atoms with van der Waals surface area (Å²) in [6.07, 6.45) is -1.95. The van der Waals surface area contributed by atoms with Gasteiger partial charge in [0.05, 0.1) is 29.7 Å². The van der Waals surface area contributed by atoms with Crippen LogP contribution in [0.15, 0.2) is 70.7 Å². The lowest BCUT2D eigenvalue weighted by Gasteiger charge is -2.10. The Balaban J connectivity index is 1.43. The Kier molecular flexibility index (Phi) is 6.65. The van der Waals surface area contributed by atoms with E-state index in [0.29, 0.717) is 5.56 Å². The molecule has 3 N–H and O–H groups in total. The topological polar surface area (TPSA) is 142 Å². The molecule has 0 spiro atoms. The average molecular weight is 520 g/mol. The number of carbonyl (C=O) groups is 1. The van der Waals surface area contributed by atoms with Crippen LogP contribution < -0.4 is 16.0 Å². The molecular formula is C22H19F3N6O4S. The van der Waals surface area contributed by atoms with Crippen molar-refractivity contribution in [2.24, 2.45) is 5.14 Å². The Morgan fingerprint density at radius 1 is 1.11 bits per heavy atom. The maximum absolute atomic E-state index is 13.0. The summed E-state index contributed by atoms with van der Waals surface area (Å²) in [6, 6.07) is 9.79. The zero-order valence-corrected chi connectivity index (χ0v) is 19.3. The van der Waals surface area contributed by atoms with Crippen molar-refractivity contribution in [2.75, 3.05) is 6.54 Å². The van der Waals surface area contributed by atoms with E-state index in [0.717, 1.165) is 12.1 Å². The molecule has 0 atom stereocenters. The van der Waals surface area contributed by atoms with Gasteiger partial charge in [-0.15, -0.1) is 0 Å². The fraction of sp³-hybridized carbons (Fsp3) is 0.182. The van der Waals surface area contributed by atoms with Crippen molar-refractivity contribution in [2.45, 2.75) is 24.2 Å². The minimum Gasteiger partial charge on any atom is -0.350 e. The van der Waals surface area contributed by atoms with Crippen molar-refractivity contribution in [1.29, 1.82) is 0 Å². The van der Waals surface area contributed by atoms with Crippen LogP contribution in [0, 0.1) is 0 Å². The zero-order valence-electron chi connectivity index (χ0n) is 18.4. The lowest BCUT2D eigenvalue weighted by Crippen LogP contribution is -2.28. The van der Waals surface area contributed by atoms with Gasteiger partial charge < -0.3 is 5.32 Å². The molecule has 14 heteroatoms. The summed E-state index contributed by atoms with van der Waals surface area (Å²) < 4.78 is 64.1. The van der Waals surface area contributed by atoms with Crippen LogP contribution in [0.1, 0.15) is 21.5 Å². The van der Waals surface area contributed by atoms with Crippen LogP contribution >= 0.6 is 0 Å². The number of sulfonamides is 1. The number of primary sulfonamides is 1. The number of nitrogens with two attached hydrogens (primary N) is 1. The Labute approximate surface area is 202 Å². The van der Waals surface area contributed by atoms with Crippen LogP contribution in [-0.2, 0) is 29.3 Å². The molecule has 2 aromatic heterocycles. The van der Waals surface area contributed by atoms with E-state index in [1.165, 1.54) is 58.2 Å². The van der Waals surface area contributed by atoms with Crippen molar-refractivity contribution in [3.63, 3.8) is 0 Å². The standard InChI is InChI=1S/C22H19F3N6O4S/c23-22(24,25)16-3-1-2-14(10-16)12-30-13-28-19-18(21(30)33)11-29-31(19)9-8-27-20(32)15-4-6-17(7-5-15)36(26,34)35/h1-7,10-11,13H,8-9,12H2,(H,27,32)(H2,26,34,35). The summed E-state index contributed by atoms with van der Waals surface area (Å²) in [5, 5.41) is 12.0. The zero-order chi connectivity index (χ0) is 26.1. The molecule has 10 nitrogen and oxygen atoms in total. The number of aromatic nitrogens is 4. The third-order valence-electron chi connectivity index (χ3n) is 5.28. The predicted octanol–water partition coefficient (Wildman–Crippen LogP) is 1.74. The number of carbonyl (C=O) groups excluding carboxylic acids is 1. The first-order chi connectivity index (χ1) is 16.9. The van der Waals surface area contributed by atoms with Crippen LogP contribution in [0.3, 0.4) is 0 Å². The minimum atomic E-state index is -4.49. The highest BCUT2D eigenvalue weighted by Gasteiger charge is 2.30. The van der Waals surface area contributed by atoms with Crippen LogP contribution in [0.5, 0.6) is 0 Å². The first-order valence-electron chi connectivity index (χ1n) is 10.4. The van der Waals surface area contributed by atoms with Gasteiger partial charge >= 0.3 is 6.18 Å². The first-order valence-corrected chi connectivity index (χ1v) is 12.0. The van der Waals surface area contributed by atoms with Gasteiger partial charge in [-0.1, -0.05) is 12.1 Å². The number of nitrogens with zero attached hydrogens (tertiary/aromatic N) is 4. The molecule has 36 heavy (non-hydrogen) atoms. The van der Waals surface area contributed by atoms with E-state index >= 15 is 0 Å². The quantitative estimate of drug-likeness (QED) is 0.380. The third kappa shape index (κ3) is 5.44. The summed E-state index contributed by atoms with van der Waals surface area (Å²) >= 11 is 0. The number of rotatable bonds is 7. The highest BCUT2D eigenvalue weighted by atomic mass is 32.2. The van der Waals surface area contributed by atoms with E-state index in [-0.39, 0.29) is 41.1 Å². The molecule has 4 aromatic rings. The summed E-state index contributed by atoms with van der Waals surface area (Å²) in [4.78, 5) is 29.2. The predicted molar refractivity (Wildman–Crippen MR) is 122 cm³/mol. The Hall–Kier alpha value is -4.04. The number of nitrogens with one attached hydrogen (secondary N) is 1. The summed E-state index contributed by atoms with van der Waals surface area (Å²) in [6.45, 7) is 0.202. The number of hydrogen-bond acceptors (Lipinski definition) is 6. The number of fused-ring (bicyclic) bond motifs is 1. The molecular weight excluding hydrogens is 501 g/mol. The number of amides is 1. The molecule has 0 fully saturated rings. The normalized spacial score (nSPS) is 12.1. The second kappa shape index (κ2) is 9.54. The number of alkyl halides is 3. The first kappa shape index (κ1) is 25.1. The summed E-state index contributed by atoms with van der Waals surface area (Å²) in [5.74, 6) is -0.455. The van der Waals surface area contributed by atoms with Crippen LogP contribution in [0.4, 0.5) is 13.2 Å². The Morgan fingerprint density at radius 2 is 1.83 bits per heavy atom. The van der Waals surface area contributed by atoms with E-state index in [4.69, 9.17) is 5.14 Å². The van der Waals surface area contributed by atoms with Crippen LogP contribution in [0.2, 0.25) is 0 Å². The average Bonchev–Trinajstić information content (AvgIpc) is 3.24. The van der Waals surface area contributed by atoms with Crippen molar-refractivity contribution in [3.8, 4) is 0 Å². The Morgan fingerprint density at radius 3 is 2.50 bits per heavy atom. The lowest BCUT2D eigenvalue weighted by molar-refractivity contribution is -0.137. The molecule has 2 aromatic carbocycles. The van der Waals surface area contributed by atoms with Gasteiger partial charge in [0.1, 0.15) is 11.7 Å². The summed E-state index contributed by atoms with van der Waals surface area (Å²) in [5.41, 5.74) is -0.504. The number of benzene rings is 2. The second-order valence-electron chi connectivity index (χ2n) is 7.81. The number of hydrogen-bond donors (Lipinski definition) is 2. The number of halogens is 3. The maximum atomic E-state index is 13.0. The van der Waals surface area contributed by atoms with Gasteiger partial charge in [0, 0.05) is 12.1 Å². The van der Waals surface area contributed by atoms with E-state index in [1.54, 1.807) is 0 Å². The third-order valence-corrected chi connectivity index (χ3v) is 6.21. The van der Waals surface area contributed by atoms with Gasteiger partial charge in [0.25, 0.3) is 11.5 Å². The molecule has 0 aliphatic rings. The molecule has 0 bridgehead atoms. The van der Waals surface area contributed by atoms with Gasteiger partial charge in [0.15, 0.2) is 5.65 Å². The van der Waals surface area contributed by atoms with Gasteiger partial charge in [-0.25, -0.2) is 23.2 Å². The molecule has 4 rings (SSSR count). The van der Waals surface area contributed by atoms with Crippen molar-refractivity contribution in [3.05, 3.63) is 88.1 Å². The van der Waals surface area contributed by atoms with Gasteiger partial charge in [0.2, 0.25) is 10.0 Å². The van der Waals surface area contributed by atoms with Crippen LogP contribution in [0.25, 0.3) is 11.0 Å². The van der Waals surface area contributed by atoms with Crippen molar-refractivity contribution >= 4 is 27.0 Å². The molecule has 188 valence electrons. The van der Waals surface area contributed by atoms with Gasteiger partial charge in [-0.05, 0) is 42.0 Å². The highest BCUT2D eigenvalue weighted by Crippen LogP contribution is 2.29. The Bertz CT molecular complexity index is 1590. The molecule has 0 radical (unpaired) electrons. The van der Waals surface area contributed by atoms with Gasteiger partial charge in [-0.3, -0.25) is 14.2 Å². The molecule has 2 heterocycles. The SMILES string of the molecule is NS(=O)(=O)c1ccc(C(=O)NCCn2ncc3c(=O)n(Cc4cccc(C(F)(F)F)c4)cnc32)cc1. The smallest absolute Gasteiger partial charge is 0.350 e. The molecule has 0 saturated heterocycles. The maximum Gasteiger partial charge on any atom is 0.416 e. The van der Waals surface area contributed by atoms with E-state index in [1.807, 2.05) is 0 Å². The lowest BCUT2D eigenvalue weighted by atomic mass is 10.1. The molecule has 0 aliphatic carbocycles. The van der Waals surface area contributed by atoms with E-state index in [2.05, 4.69) is 15.4 Å². The molecule has 0 aliphatic heterocycles. The molecule has 1 amide bonds. The van der Waals surface area contributed by atoms with Crippen LogP contribution in [-0.4, -0.2) is 40.2 Å². The molecule has 0 saturated carbocycles. The fourth-order valence-corrected chi connectivity index (χ4v) is 4.01. The van der Waals surface area contributed by atoms with Crippen molar-refractivity contribution < 1.29 is 26.4 Å². The monoisotopic (exact) mass is 520 g/mol. The minimum absolute atomic E-state index is 0.100. The van der Waals surface area contributed by atoms with E-state index in [9.17, 15) is 31.2 Å². The van der Waals surface area contributed by atoms with Gasteiger partial charge in [-0.2, -0.15) is 18.3 Å². The second-order valence-corrected chi connectivity index (χ2v) is 9.37. The van der Waals surface area contributed by atoms with Crippen molar-refractivity contribution in [1.82, 2.24) is 24.6 Å². The highest BCUT2D eigenvalue weighted by molar-refractivity contribution is 7.89. The largest absolute Gasteiger partial charge is 0.416 e. The van der Waals surface area contributed by atoms with E-state index < -0.39 is 33.2 Å². The molecule has 0 unspecified atom stereocenters. The summed E-state index contributed by atoms with van der Waals surface area (Å²) in [7, 11) is -3.87. The fourth-order valence-electron chi connectivity index (χ4n) is 3.49.